The molecular formula is C52H80O14. The SMILES string of the molecule is C=C1[C@@H](O)[C@@H]2O[C@]3(CC[C@H](/C=C/[C@@H](C)[C@@H]4CC(C)=C[C@@]5(OC(C[C@@](C)(O)C(=O)OC/C(C)=C/C=C/CCO)CC[C@H]5O)O4)O3)CC[C@H]2O[C@@H]1[C@@H](O)C[C@H](C)C1O[C@@]2(CCCCO2)CC[C@H]1C. The summed E-state index contributed by atoms with van der Waals surface area (Å²) in [5, 5.41) is 54.7. The summed E-state index contributed by atoms with van der Waals surface area (Å²) in [7, 11) is 0. The van der Waals surface area contributed by atoms with Crippen LogP contribution in [0.1, 0.15) is 138 Å². The highest BCUT2D eigenvalue weighted by Crippen LogP contribution is 2.47. The van der Waals surface area contributed by atoms with Crippen molar-refractivity contribution in [1.82, 2.24) is 0 Å². The van der Waals surface area contributed by atoms with Gasteiger partial charge in [0.25, 0.3) is 0 Å². The Bertz CT molecular complexity index is 1780. The molecule has 0 aromatic heterocycles. The third-order valence-electron chi connectivity index (χ3n) is 15.2. The molecule has 0 saturated carbocycles. The zero-order valence-electron chi connectivity index (χ0n) is 40.3. The minimum Gasteiger partial charge on any atom is -0.459 e. The van der Waals surface area contributed by atoms with E-state index in [1.54, 1.807) is 12.2 Å². The van der Waals surface area contributed by atoms with E-state index in [4.69, 9.17) is 43.0 Å². The number of hydrogen-bond acceptors (Lipinski definition) is 14. The lowest BCUT2D eigenvalue weighted by atomic mass is 9.79. The summed E-state index contributed by atoms with van der Waals surface area (Å²) >= 11 is 0. The normalized spacial score (nSPS) is 41.2. The molecule has 7 aliphatic heterocycles. The molecule has 372 valence electrons. The van der Waals surface area contributed by atoms with Gasteiger partial charge < -0.3 is 63.4 Å². The molecule has 17 atom stereocenters. The number of aliphatic hydroxyl groups excluding tert-OH is 4. The summed E-state index contributed by atoms with van der Waals surface area (Å²) in [4.78, 5) is 13.0. The van der Waals surface area contributed by atoms with Gasteiger partial charge in [-0.15, -0.1) is 0 Å². The number of hydrogen-bond donors (Lipinski definition) is 5. The van der Waals surface area contributed by atoms with Crippen molar-refractivity contribution in [2.45, 2.75) is 222 Å². The first kappa shape index (κ1) is 51.5. The van der Waals surface area contributed by atoms with Crippen molar-refractivity contribution in [3.05, 3.63) is 59.8 Å². The molecule has 6 fully saturated rings. The predicted octanol–water partition coefficient (Wildman–Crippen LogP) is 6.56. The van der Waals surface area contributed by atoms with Crippen LogP contribution in [0.3, 0.4) is 0 Å². The van der Waals surface area contributed by atoms with Crippen molar-refractivity contribution in [1.29, 1.82) is 0 Å². The number of esters is 1. The topological polar surface area (TPSA) is 192 Å². The van der Waals surface area contributed by atoms with E-state index >= 15 is 0 Å². The first-order valence-corrected chi connectivity index (χ1v) is 25.0. The van der Waals surface area contributed by atoms with Crippen molar-refractivity contribution in [3.63, 3.8) is 0 Å². The molecule has 5 N–H and O–H groups in total. The lowest BCUT2D eigenvalue weighted by Crippen LogP contribution is -2.60. The molecule has 0 amide bonds. The van der Waals surface area contributed by atoms with Crippen LogP contribution in [-0.2, 0) is 42.7 Å². The first-order valence-electron chi connectivity index (χ1n) is 25.0. The Morgan fingerprint density at radius 3 is 2.55 bits per heavy atom. The Morgan fingerprint density at radius 2 is 1.79 bits per heavy atom. The molecule has 0 aromatic carbocycles. The summed E-state index contributed by atoms with van der Waals surface area (Å²) in [6.45, 7) is 16.6. The summed E-state index contributed by atoms with van der Waals surface area (Å²) in [6, 6.07) is 0. The molecule has 14 heteroatoms. The van der Waals surface area contributed by atoms with E-state index in [0.717, 1.165) is 56.3 Å². The first-order chi connectivity index (χ1) is 31.4. The van der Waals surface area contributed by atoms with Gasteiger partial charge in [0.1, 0.15) is 31.0 Å². The van der Waals surface area contributed by atoms with Crippen molar-refractivity contribution >= 4 is 5.97 Å². The molecule has 7 heterocycles. The van der Waals surface area contributed by atoms with E-state index in [1.807, 2.05) is 32.1 Å². The van der Waals surface area contributed by atoms with Crippen LogP contribution in [0.2, 0.25) is 0 Å². The van der Waals surface area contributed by atoms with Crippen molar-refractivity contribution < 1.29 is 68.2 Å². The maximum Gasteiger partial charge on any atom is 0.338 e. The van der Waals surface area contributed by atoms with E-state index in [1.165, 1.54) is 6.92 Å². The monoisotopic (exact) mass is 929 g/mol. The second-order valence-electron chi connectivity index (χ2n) is 21.1. The highest BCUT2D eigenvalue weighted by Gasteiger charge is 2.55. The average molecular weight is 929 g/mol. The van der Waals surface area contributed by atoms with Gasteiger partial charge in [0.2, 0.25) is 5.79 Å². The molecule has 66 heavy (non-hydrogen) atoms. The Kier molecular flexibility index (Phi) is 17.0. The van der Waals surface area contributed by atoms with Gasteiger partial charge in [-0.2, -0.15) is 0 Å². The van der Waals surface area contributed by atoms with E-state index in [-0.39, 0.29) is 49.8 Å². The number of allylic oxidation sites excluding steroid dienone is 2. The maximum absolute atomic E-state index is 13.0. The van der Waals surface area contributed by atoms with Crippen LogP contribution >= 0.6 is 0 Å². The summed E-state index contributed by atoms with van der Waals surface area (Å²) < 4.78 is 51.2. The molecule has 0 bridgehead atoms. The van der Waals surface area contributed by atoms with Crippen LogP contribution in [0.4, 0.5) is 0 Å². The molecule has 14 nitrogen and oxygen atoms in total. The fraction of sp³-hybridized carbons (Fsp3) is 0.788. The fourth-order valence-electron chi connectivity index (χ4n) is 11.3. The van der Waals surface area contributed by atoms with Gasteiger partial charge in [0.15, 0.2) is 17.2 Å². The molecular weight excluding hydrogens is 849 g/mol. The van der Waals surface area contributed by atoms with Gasteiger partial charge in [0, 0.05) is 44.6 Å². The van der Waals surface area contributed by atoms with Crippen molar-refractivity contribution in [2.75, 3.05) is 19.8 Å². The standard InChI is InChI=1S/C52H80O14/c1-32(13-9-8-11-25-53)31-59-48(57)49(7,58)30-39-16-17-43(55)52(63-39)29-33(2)27-42(64-52)34(3)14-15-38-19-23-51(62-38)24-20-41-47(66-51)44(56)37(6)46(61-41)40(54)28-36(5)45-35(4)18-22-50(65-45)21-10-12-26-60-50/h8-9,13-15,29,34-36,38-47,53-56,58H,6,10-12,16-28,30-31H2,1-5,7H3/b9-8+,15-14+,32-13+/t34-,35-,36+,38+,39?,40+,41-,42+,43-,44-,45?,46+,47-,49-,50+,51-,52-/m1/s1. The molecule has 0 aromatic rings. The fourth-order valence-corrected chi connectivity index (χ4v) is 11.3. The number of rotatable bonds is 15. The van der Waals surface area contributed by atoms with Gasteiger partial charge >= 0.3 is 5.97 Å². The Balaban J connectivity index is 0.897. The maximum atomic E-state index is 13.0. The highest BCUT2D eigenvalue weighted by molar-refractivity contribution is 5.78. The molecule has 3 spiro atoms. The molecule has 0 radical (unpaired) electrons. The smallest absolute Gasteiger partial charge is 0.338 e. The minimum absolute atomic E-state index is 0.0140. The number of ether oxygens (including phenoxy) is 8. The zero-order valence-corrected chi connectivity index (χ0v) is 40.3. The van der Waals surface area contributed by atoms with Crippen LogP contribution in [0.5, 0.6) is 0 Å². The van der Waals surface area contributed by atoms with Gasteiger partial charge in [0.05, 0.1) is 43.2 Å². The van der Waals surface area contributed by atoms with Crippen LogP contribution in [-0.4, -0.2) is 135 Å². The van der Waals surface area contributed by atoms with Crippen molar-refractivity contribution in [2.24, 2.45) is 17.8 Å². The molecule has 6 saturated heterocycles. The lowest BCUT2D eigenvalue weighted by Gasteiger charge is -2.50. The Morgan fingerprint density at radius 1 is 1.02 bits per heavy atom. The van der Waals surface area contributed by atoms with Gasteiger partial charge in [-0.1, -0.05) is 63.3 Å². The quantitative estimate of drug-likeness (QED) is 0.0674. The largest absolute Gasteiger partial charge is 0.459 e. The van der Waals surface area contributed by atoms with Gasteiger partial charge in [-0.05, 0) is 114 Å². The summed E-state index contributed by atoms with van der Waals surface area (Å²) in [5.41, 5.74) is 0.374. The van der Waals surface area contributed by atoms with Crippen LogP contribution in [0.25, 0.3) is 0 Å². The third-order valence-corrected chi connectivity index (χ3v) is 15.2. The van der Waals surface area contributed by atoms with Gasteiger partial charge in [-0.3, -0.25) is 0 Å². The van der Waals surface area contributed by atoms with E-state index < -0.39 is 71.7 Å². The number of fused-ring (bicyclic) bond motifs is 1. The summed E-state index contributed by atoms with van der Waals surface area (Å²) in [6.07, 6.45) is 15.4. The van der Waals surface area contributed by atoms with Gasteiger partial charge in [-0.25, -0.2) is 4.79 Å². The summed E-state index contributed by atoms with van der Waals surface area (Å²) in [5.74, 6) is -3.30. The van der Waals surface area contributed by atoms with Crippen molar-refractivity contribution in [3.8, 4) is 0 Å². The molecule has 0 aliphatic carbocycles. The second kappa shape index (κ2) is 21.8. The van der Waals surface area contributed by atoms with Crippen LogP contribution in [0.15, 0.2) is 59.8 Å². The van der Waals surface area contributed by atoms with Crippen LogP contribution < -0.4 is 0 Å². The Labute approximate surface area is 392 Å². The molecule has 7 rings (SSSR count). The minimum atomic E-state index is -1.83. The number of carbonyl (C=O) groups is 1. The molecule has 7 aliphatic rings. The second-order valence-corrected chi connectivity index (χ2v) is 21.1. The zero-order chi connectivity index (χ0) is 47.4. The average Bonchev–Trinajstić information content (AvgIpc) is 3.68. The number of aliphatic hydroxyl groups is 5. The van der Waals surface area contributed by atoms with E-state index in [0.29, 0.717) is 62.9 Å². The third kappa shape index (κ3) is 12.0. The number of carbonyl (C=O) groups excluding carboxylic acids is 1. The van der Waals surface area contributed by atoms with E-state index in [2.05, 4.69) is 33.4 Å². The highest BCUT2D eigenvalue weighted by atomic mass is 16.7. The molecule has 2 unspecified atom stereocenters. The van der Waals surface area contributed by atoms with Crippen LogP contribution in [0, 0.1) is 17.8 Å². The Hall–Kier alpha value is -2.31. The van der Waals surface area contributed by atoms with E-state index in [9.17, 15) is 25.2 Å². The predicted molar refractivity (Wildman–Crippen MR) is 246 cm³/mol. The lowest BCUT2D eigenvalue weighted by molar-refractivity contribution is -0.321.